The van der Waals surface area contributed by atoms with Gasteiger partial charge in [-0.2, -0.15) is 0 Å². The van der Waals surface area contributed by atoms with Gasteiger partial charge in [0.2, 0.25) is 0 Å². The molecule has 1 atom stereocenters. The Morgan fingerprint density at radius 2 is 1.90 bits per heavy atom. The van der Waals surface area contributed by atoms with Crippen molar-refractivity contribution in [1.29, 1.82) is 0 Å². The normalized spacial score (nSPS) is 17.8. The Labute approximate surface area is 240 Å². The predicted octanol–water partition coefficient (Wildman–Crippen LogP) is 6.89. The highest BCUT2D eigenvalue weighted by molar-refractivity contribution is 6.02. The van der Waals surface area contributed by atoms with Crippen molar-refractivity contribution in [3.05, 3.63) is 75.4 Å². The maximum absolute atomic E-state index is 12.4. The second kappa shape index (κ2) is 14.8. The number of aryl methyl sites for hydroxylation is 3. The standard InChI is InChI=1S/C34H49N3O3/c1-24(14-17-35-22-27(4)40-31-8-6-7-9-31)29-11-13-32(25(2)20-29)36-33(12-10-28-15-18-39-19-16-28)30-21-26(3)34(38)37(5)23-30/h11,13,20-21,23-24,28,31,35H,4,6-10,12,14-19,22H2,1-3,5H3/b36-33+. The van der Waals surface area contributed by atoms with Crippen LogP contribution < -0.4 is 10.9 Å². The van der Waals surface area contributed by atoms with Gasteiger partial charge in [0.1, 0.15) is 5.76 Å². The molecule has 1 N–H and O–H groups in total. The van der Waals surface area contributed by atoms with E-state index in [0.717, 1.165) is 99.5 Å². The minimum atomic E-state index is 0.0437. The van der Waals surface area contributed by atoms with Crippen LogP contribution in [0.25, 0.3) is 0 Å². The first-order valence-corrected chi connectivity index (χ1v) is 15.3. The van der Waals surface area contributed by atoms with Crippen LogP contribution in [0.4, 0.5) is 5.69 Å². The summed E-state index contributed by atoms with van der Waals surface area (Å²) in [6.45, 7) is 13.8. The minimum absolute atomic E-state index is 0.0437. The lowest BCUT2D eigenvalue weighted by Crippen LogP contribution is -2.22. The Balaban J connectivity index is 1.40. The van der Waals surface area contributed by atoms with Crippen LogP contribution in [0.3, 0.4) is 0 Å². The van der Waals surface area contributed by atoms with Gasteiger partial charge in [-0.25, -0.2) is 0 Å². The second-order valence-corrected chi connectivity index (χ2v) is 12.0. The zero-order valence-corrected chi connectivity index (χ0v) is 25.1. The van der Waals surface area contributed by atoms with Gasteiger partial charge in [0.25, 0.3) is 5.56 Å². The molecule has 0 spiro atoms. The van der Waals surface area contributed by atoms with Crippen LogP contribution in [-0.2, 0) is 16.5 Å². The van der Waals surface area contributed by atoms with Gasteiger partial charge in [-0.15, -0.1) is 0 Å². The summed E-state index contributed by atoms with van der Waals surface area (Å²) < 4.78 is 13.2. The average molecular weight is 548 g/mol. The van der Waals surface area contributed by atoms with Crippen LogP contribution in [0.2, 0.25) is 0 Å². The molecule has 6 heteroatoms. The van der Waals surface area contributed by atoms with Gasteiger partial charge >= 0.3 is 0 Å². The highest BCUT2D eigenvalue weighted by atomic mass is 16.5. The van der Waals surface area contributed by atoms with E-state index in [1.807, 2.05) is 26.2 Å². The third-order valence-corrected chi connectivity index (χ3v) is 8.58. The summed E-state index contributed by atoms with van der Waals surface area (Å²) in [5.41, 5.74) is 6.40. The third-order valence-electron chi connectivity index (χ3n) is 8.58. The molecule has 2 aliphatic rings. The highest BCUT2D eigenvalue weighted by Gasteiger charge is 2.18. The van der Waals surface area contributed by atoms with Crippen LogP contribution in [0.15, 0.2) is 52.6 Å². The summed E-state index contributed by atoms with van der Waals surface area (Å²) in [6, 6.07) is 8.67. The van der Waals surface area contributed by atoms with Crippen molar-refractivity contribution in [3.8, 4) is 0 Å². The molecule has 1 unspecified atom stereocenters. The number of aliphatic imine (C=N–C) groups is 1. The van der Waals surface area contributed by atoms with Crippen molar-refractivity contribution in [2.45, 2.75) is 90.6 Å². The summed E-state index contributed by atoms with van der Waals surface area (Å²) in [5.74, 6) is 1.96. The van der Waals surface area contributed by atoms with E-state index in [4.69, 9.17) is 14.5 Å². The zero-order chi connectivity index (χ0) is 28.5. The number of nitrogens with zero attached hydrogens (tertiary/aromatic N) is 2. The molecule has 1 aliphatic heterocycles. The van der Waals surface area contributed by atoms with E-state index in [1.54, 1.807) is 4.57 Å². The molecule has 2 aromatic rings. The fraction of sp³-hybridized carbons (Fsp3) is 0.588. The Morgan fingerprint density at radius 1 is 1.15 bits per heavy atom. The number of pyridine rings is 1. The Bertz CT molecular complexity index is 1190. The van der Waals surface area contributed by atoms with Crippen molar-refractivity contribution in [2.24, 2.45) is 18.0 Å². The molecule has 6 nitrogen and oxygen atoms in total. The number of benzene rings is 1. The van der Waals surface area contributed by atoms with Crippen LogP contribution in [-0.4, -0.2) is 42.7 Å². The maximum atomic E-state index is 12.4. The lowest BCUT2D eigenvalue weighted by molar-refractivity contribution is 0.0645. The number of aromatic nitrogens is 1. The van der Waals surface area contributed by atoms with Crippen LogP contribution in [0, 0.1) is 19.8 Å². The summed E-state index contributed by atoms with van der Waals surface area (Å²) in [4.78, 5) is 17.5. The molecule has 1 aromatic heterocycles. The summed E-state index contributed by atoms with van der Waals surface area (Å²) in [7, 11) is 1.82. The quantitative estimate of drug-likeness (QED) is 0.169. The second-order valence-electron chi connectivity index (χ2n) is 12.0. The number of hydrogen-bond acceptors (Lipinski definition) is 5. The van der Waals surface area contributed by atoms with Gasteiger partial charge in [-0.3, -0.25) is 9.79 Å². The molecule has 2 fully saturated rings. The number of ether oxygens (including phenoxy) is 2. The van der Waals surface area contributed by atoms with E-state index in [1.165, 1.54) is 24.0 Å². The molecule has 1 aromatic carbocycles. The maximum Gasteiger partial charge on any atom is 0.253 e. The Hall–Kier alpha value is -2.70. The summed E-state index contributed by atoms with van der Waals surface area (Å²) in [5, 5.41) is 3.51. The van der Waals surface area contributed by atoms with Gasteiger partial charge in [0.15, 0.2) is 0 Å². The molecule has 218 valence electrons. The Morgan fingerprint density at radius 3 is 2.60 bits per heavy atom. The molecule has 0 amide bonds. The smallest absolute Gasteiger partial charge is 0.253 e. The first-order chi connectivity index (χ1) is 19.3. The van der Waals surface area contributed by atoms with Gasteiger partial charge < -0.3 is 19.4 Å². The summed E-state index contributed by atoms with van der Waals surface area (Å²) in [6.07, 6.45) is 12.4. The van der Waals surface area contributed by atoms with E-state index in [9.17, 15) is 4.79 Å². The number of hydrogen-bond donors (Lipinski definition) is 1. The molecule has 4 rings (SSSR count). The SMILES string of the molecule is C=C(CNCCC(C)c1ccc(/N=C(\CCC2CCOCC2)c2cc(C)c(=O)n(C)c2)c(C)c1)OC1CCCC1. The van der Waals surface area contributed by atoms with E-state index in [0.29, 0.717) is 17.9 Å². The molecule has 0 radical (unpaired) electrons. The molecule has 1 saturated heterocycles. The molecule has 40 heavy (non-hydrogen) atoms. The topological polar surface area (TPSA) is 64.9 Å². The van der Waals surface area contributed by atoms with E-state index >= 15 is 0 Å². The van der Waals surface area contributed by atoms with Crippen molar-refractivity contribution in [2.75, 3.05) is 26.3 Å². The molecule has 1 saturated carbocycles. The van der Waals surface area contributed by atoms with Crippen molar-refractivity contribution < 1.29 is 9.47 Å². The molecule has 1 aliphatic carbocycles. The third kappa shape index (κ3) is 8.65. The predicted molar refractivity (Wildman–Crippen MR) is 165 cm³/mol. The molecular formula is C34H49N3O3. The van der Waals surface area contributed by atoms with E-state index in [2.05, 4.69) is 43.9 Å². The number of nitrogens with one attached hydrogen (secondary N) is 1. The monoisotopic (exact) mass is 547 g/mol. The van der Waals surface area contributed by atoms with Crippen molar-refractivity contribution in [1.82, 2.24) is 9.88 Å². The van der Waals surface area contributed by atoms with E-state index < -0.39 is 0 Å². The van der Waals surface area contributed by atoms with Gasteiger partial charge in [-0.05, 0) is 113 Å². The van der Waals surface area contributed by atoms with Crippen molar-refractivity contribution in [3.63, 3.8) is 0 Å². The molecule has 2 heterocycles. The lowest BCUT2D eigenvalue weighted by atomic mass is 9.92. The fourth-order valence-corrected chi connectivity index (χ4v) is 5.93. The lowest BCUT2D eigenvalue weighted by Gasteiger charge is -2.22. The van der Waals surface area contributed by atoms with Crippen LogP contribution >= 0.6 is 0 Å². The van der Waals surface area contributed by atoms with Gasteiger partial charge in [0, 0.05) is 43.3 Å². The first-order valence-electron chi connectivity index (χ1n) is 15.3. The largest absolute Gasteiger partial charge is 0.494 e. The van der Waals surface area contributed by atoms with Crippen molar-refractivity contribution >= 4 is 11.4 Å². The zero-order valence-electron chi connectivity index (χ0n) is 25.1. The van der Waals surface area contributed by atoms with Crippen LogP contribution in [0.1, 0.15) is 92.9 Å². The average Bonchev–Trinajstić information content (AvgIpc) is 3.46. The number of rotatable bonds is 13. The summed E-state index contributed by atoms with van der Waals surface area (Å²) >= 11 is 0. The highest BCUT2D eigenvalue weighted by Crippen LogP contribution is 2.28. The first kappa shape index (κ1) is 30.3. The van der Waals surface area contributed by atoms with Gasteiger partial charge in [-0.1, -0.05) is 25.6 Å². The minimum Gasteiger partial charge on any atom is -0.494 e. The molecule has 0 bridgehead atoms. The fourth-order valence-electron chi connectivity index (χ4n) is 5.93. The Kier molecular flexibility index (Phi) is 11.2. The van der Waals surface area contributed by atoms with Gasteiger partial charge in [0.05, 0.1) is 18.3 Å². The van der Waals surface area contributed by atoms with E-state index in [-0.39, 0.29) is 5.56 Å². The molecular weight excluding hydrogens is 498 g/mol. The van der Waals surface area contributed by atoms with Crippen LogP contribution in [0.5, 0.6) is 0 Å².